The van der Waals surface area contributed by atoms with Gasteiger partial charge in [0.1, 0.15) is 24.1 Å². The molecule has 0 aliphatic heterocycles. The van der Waals surface area contributed by atoms with Crippen LogP contribution in [0.5, 0.6) is 11.6 Å². The minimum atomic E-state index is -4.63. The Morgan fingerprint density at radius 1 is 1.23 bits per heavy atom. The molecule has 0 saturated carbocycles. The van der Waals surface area contributed by atoms with Crippen LogP contribution < -0.4 is 15.8 Å². The maximum Gasteiger partial charge on any atom is 0.433 e. The quantitative estimate of drug-likeness (QED) is 0.582. The van der Waals surface area contributed by atoms with Crippen molar-refractivity contribution in [3.63, 3.8) is 0 Å². The maximum absolute atomic E-state index is 13.0. The fourth-order valence-electron chi connectivity index (χ4n) is 2.43. The molecule has 0 unspecified atom stereocenters. The molecule has 3 aromatic rings. The highest BCUT2D eigenvalue weighted by molar-refractivity contribution is 5.94. The smallest absolute Gasteiger partial charge is 0.433 e. The Balaban J connectivity index is 0.00000320. The van der Waals surface area contributed by atoms with Crippen LogP contribution in [-0.2, 0) is 19.3 Å². The standard InChI is InChI=1S/C18H17F3N6O2.ClH/c19-18(20,21)15-6-12(9-22)7-16(26-15)29-14-3-1-2-13(8-14)17(28)24-4-5-27-11-23-10-25-27;/h1-3,6-8,10-11H,4-5,9,22H2,(H,24,28);1H. The number of pyridine rings is 1. The van der Waals surface area contributed by atoms with Crippen molar-refractivity contribution in [1.82, 2.24) is 25.1 Å². The molecular weight excluding hydrogens is 425 g/mol. The summed E-state index contributed by atoms with van der Waals surface area (Å²) in [7, 11) is 0. The van der Waals surface area contributed by atoms with Crippen LogP contribution in [0.15, 0.2) is 49.1 Å². The number of hydrogen-bond donors (Lipinski definition) is 2. The fourth-order valence-corrected chi connectivity index (χ4v) is 2.43. The average Bonchev–Trinajstić information content (AvgIpc) is 3.20. The molecule has 0 saturated heterocycles. The van der Waals surface area contributed by atoms with E-state index in [1.54, 1.807) is 16.8 Å². The molecule has 0 aliphatic rings. The van der Waals surface area contributed by atoms with Crippen LogP contribution in [0.1, 0.15) is 21.6 Å². The molecule has 0 radical (unpaired) electrons. The van der Waals surface area contributed by atoms with Gasteiger partial charge in [-0.2, -0.15) is 18.3 Å². The first-order chi connectivity index (χ1) is 13.8. The first kappa shape index (κ1) is 23.1. The Morgan fingerprint density at radius 2 is 2.03 bits per heavy atom. The predicted octanol–water partition coefficient (Wildman–Crippen LogP) is 2.79. The lowest BCUT2D eigenvalue weighted by atomic mass is 10.2. The number of rotatable bonds is 7. The molecule has 12 heteroatoms. The van der Waals surface area contributed by atoms with Gasteiger partial charge in [0.15, 0.2) is 0 Å². The summed E-state index contributed by atoms with van der Waals surface area (Å²) in [4.78, 5) is 19.6. The molecule has 2 aromatic heterocycles. The topological polar surface area (TPSA) is 108 Å². The largest absolute Gasteiger partial charge is 0.439 e. The highest BCUT2D eigenvalue weighted by Gasteiger charge is 2.33. The number of amides is 1. The van der Waals surface area contributed by atoms with Crippen LogP contribution in [0.2, 0.25) is 0 Å². The summed E-state index contributed by atoms with van der Waals surface area (Å²) in [6.07, 6.45) is -1.71. The number of nitrogens with one attached hydrogen (secondary N) is 1. The third-order valence-electron chi connectivity index (χ3n) is 3.80. The van der Waals surface area contributed by atoms with E-state index in [4.69, 9.17) is 10.5 Å². The number of hydrogen-bond acceptors (Lipinski definition) is 6. The monoisotopic (exact) mass is 442 g/mol. The molecule has 0 atom stereocenters. The van der Waals surface area contributed by atoms with E-state index in [2.05, 4.69) is 20.4 Å². The van der Waals surface area contributed by atoms with Gasteiger partial charge in [-0.15, -0.1) is 12.4 Å². The molecule has 30 heavy (non-hydrogen) atoms. The van der Waals surface area contributed by atoms with Gasteiger partial charge < -0.3 is 15.8 Å². The number of benzene rings is 1. The van der Waals surface area contributed by atoms with E-state index < -0.39 is 11.9 Å². The molecule has 8 nitrogen and oxygen atoms in total. The summed E-state index contributed by atoms with van der Waals surface area (Å²) >= 11 is 0. The van der Waals surface area contributed by atoms with E-state index >= 15 is 0 Å². The zero-order chi connectivity index (χ0) is 20.9. The van der Waals surface area contributed by atoms with E-state index in [1.165, 1.54) is 30.9 Å². The molecule has 0 aliphatic carbocycles. The van der Waals surface area contributed by atoms with Gasteiger partial charge in [-0.3, -0.25) is 9.48 Å². The van der Waals surface area contributed by atoms with Crippen molar-refractivity contribution in [3.05, 3.63) is 65.9 Å². The molecule has 2 heterocycles. The predicted molar refractivity (Wildman–Crippen MR) is 103 cm³/mol. The Bertz CT molecular complexity index is 982. The number of nitrogens with two attached hydrogens (primary N) is 1. The van der Waals surface area contributed by atoms with Crippen LogP contribution in [-0.4, -0.2) is 32.2 Å². The number of carbonyl (C=O) groups is 1. The first-order valence-electron chi connectivity index (χ1n) is 8.52. The highest BCUT2D eigenvalue weighted by atomic mass is 35.5. The van der Waals surface area contributed by atoms with Crippen LogP contribution >= 0.6 is 12.4 Å². The maximum atomic E-state index is 13.0. The van der Waals surface area contributed by atoms with Gasteiger partial charge in [0.2, 0.25) is 5.88 Å². The van der Waals surface area contributed by atoms with E-state index in [0.717, 1.165) is 6.07 Å². The summed E-state index contributed by atoms with van der Waals surface area (Å²) in [5, 5.41) is 6.64. The third kappa shape index (κ3) is 6.16. The SMILES string of the molecule is Cl.NCc1cc(Oc2cccc(C(=O)NCCn3cncn3)c2)nc(C(F)(F)F)c1. The molecule has 0 spiro atoms. The van der Waals surface area contributed by atoms with Crippen molar-refractivity contribution in [2.45, 2.75) is 19.3 Å². The lowest BCUT2D eigenvalue weighted by molar-refractivity contribution is -0.141. The number of ether oxygens (including phenoxy) is 1. The summed E-state index contributed by atoms with van der Waals surface area (Å²) < 4.78 is 46.0. The van der Waals surface area contributed by atoms with Crippen LogP contribution in [0, 0.1) is 0 Å². The summed E-state index contributed by atoms with van der Waals surface area (Å²) in [5.74, 6) is -0.456. The van der Waals surface area contributed by atoms with E-state index in [-0.39, 0.29) is 47.6 Å². The van der Waals surface area contributed by atoms with Crippen molar-refractivity contribution < 1.29 is 22.7 Å². The van der Waals surface area contributed by atoms with Crippen LogP contribution in [0.25, 0.3) is 0 Å². The van der Waals surface area contributed by atoms with Crippen molar-refractivity contribution in [3.8, 4) is 11.6 Å². The van der Waals surface area contributed by atoms with Gasteiger partial charge in [0.25, 0.3) is 5.91 Å². The Labute approximate surface area is 175 Å². The number of alkyl halides is 3. The Kier molecular flexibility index (Phi) is 7.72. The number of nitrogens with zero attached hydrogens (tertiary/aromatic N) is 4. The lowest BCUT2D eigenvalue weighted by Crippen LogP contribution is -2.27. The second-order valence-electron chi connectivity index (χ2n) is 5.95. The van der Waals surface area contributed by atoms with Crippen LogP contribution in [0.3, 0.4) is 0 Å². The molecular formula is C18H18ClF3N6O2. The van der Waals surface area contributed by atoms with Crippen molar-refractivity contribution in [1.29, 1.82) is 0 Å². The fraction of sp³-hybridized carbons (Fsp3) is 0.222. The molecule has 3 N–H and O–H groups in total. The van der Waals surface area contributed by atoms with Gasteiger partial charge in [-0.05, 0) is 29.8 Å². The lowest BCUT2D eigenvalue weighted by Gasteiger charge is -2.12. The molecule has 160 valence electrons. The van der Waals surface area contributed by atoms with Crippen molar-refractivity contribution >= 4 is 18.3 Å². The molecule has 1 aromatic carbocycles. The van der Waals surface area contributed by atoms with E-state index in [0.29, 0.717) is 13.1 Å². The highest BCUT2D eigenvalue weighted by Crippen LogP contribution is 2.31. The Hall–Kier alpha value is -3.18. The zero-order valence-corrected chi connectivity index (χ0v) is 16.3. The normalized spacial score (nSPS) is 10.9. The minimum absolute atomic E-state index is 0. The number of halogens is 4. The van der Waals surface area contributed by atoms with Gasteiger partial charge >= 0.3 is 6.18 Å². The molecule has 1 amide bonds. The van der Waals surface area contributed by atoms with Crippen molar-refractivity contribution in [2.75, 3.05) is 6.54 Å². The zero-order valence-electron chi connectivity index (χ0n) is 15.5. The second-order valence-corrected chi connectivity index (χ2v) is 5.95. The van der Waals surface area contributed by atoms with E-state index in [9.17, 15) is 18.0 Å². The minimum Gasteiger partial charge on any atom is -0.439 e. The molecule has 0 bridgehead atoms. The summed E-state index contributed by atoms with van der Waals surface area (Å²) in [6.45, 7) is 0.663. The van der Waals surface area contributed by atoms with Crippen molar-refractivity contribution in [2.24, 2.45) is 5.73 Å². The van der Waals surface area contributed by atoms with Gasteiger partial charge in [0.05, 0.1) is 6.54 Å². The Morgan fingerprint density at radius 3 is 2.70 bits per heavy atom. The third-order valence-corrected chi connectivity index (χ3v) is 3.80. The van der Waals surface area contributed by atoms with Gasteiger partial charge in [0, 0.05) is 24.7 Å². The van der Waals surface area contributed by atoms with Crippen LogP contribution in [0.4, 0.5) is 13.2 Å². The number of aromatic nitrogens is 4. The van der Waals surface area contributed by atoms with Gasteiger partial charge in [-0.25, -0.2) is 9.97 Å². The first-order valence-corrected chi connectivity index (χ1v) is 8.52. The van der Waals surface area contributed by atoms with Gasteiger partial charge in [-0.1, -0.05) is 6.07 Å². The molecule has 3 rings (SSSR count). The summed E-state index contributed by atoms with van der Waals surface area (Å²) in [5.41, 5.74) is 4.87. The summed E-state index contributed by atoms with van der Waals surface area (Å²) in [6, 6.07) is 8.22. The molecule has 0 fully saturated rings. The number of carbonyl (C=O) groups excluding carboxylic acids is 1. The average molecular weight is 443 g/mol. The second kappa shape index (κ2) is 10.0. The van der Waals surface area contributed by atoms with E-state index in [1.807, 2.05) is 0 Å².